The number of hydrogen-bond acceptors (Lipinski definition) is 4. The lowest BCUT2D eigenvalue weighted by Gasteiger charge is -2.10. The van der Waals surface area contributed by atoms with Gasteiger partial charge in [-0.2, -0.15) is 0 Å². The molecule has 8 heteroatoms. The molecule has 1 heterocycles. The maximum atomic E-state index is 12.0. The van der Waals surface area contributed by atoms with Gasteiger partial charge in [0.2, 0.25) is 0 Å². The van der Waals surface area contributed by atoms with Gasteiger partial charge >= 0.3 is 0 Å². The molecule has 1 N–H and O–H groups in total. The van der Waals surface area contributed by atoms with E-state index in [1.165, 1.54) is 12.1 Å². The lowest BCUT2D eigenvalue weighted by Crippen LogP contribution is -2.28. The molecule has 0 saturated heterocycles. The molecule has 0 saturated carbocycles. The summed E-state index contributed by atoms with van der Waals surface area (Å²) in [6.07, 6.45) is 3.48. The molecular weight excluding hydrogens is 435 g/mol. The fraction of sp³-hybridized carbons (Fsp3) is 0.143. The number of benzene rings is 2. The van der Waals surface area contributed by atoms with Crippen LogP contribution in [0.25, 0.3) is 0 Å². The Bertz CT molecular complexity index is 967. The summed E-state index contributed by atoms with van der Waals surface area (Å²) in [5, 5.41) is 3.69. The van der Waals surface area contributed by atoms with Crippen molar-refractivity contribution in [3.05, 3.63) is 87.1 Å². The van der Waals surface area contributed by atoms with Crippen LogP contribution in [-0.4, -0.2) is 17.5 Å². The third-order valence-corrected chi connectivity index (χ3v) is 4.89. The number of nitrogens with zero attached hydrogens (tertiary/aromatic N) is 1. The molecule has 0 bridgehead atoms. The number of rotatable bonds is 8. The molecule has 3 rings (SSSR count). The molecule has 29 heavy (non-hydrogen) atoms. The monoisotopic (exact) mass is 450 g/mol. The topological polar surface area (TPSA) is 60.5 Å². The normalized spacial score (nSPS) is 10.4. The van der Waals surface area contributed by atoms with E-state index in [2.05, 4.69) is 10.3 Å². The first kappa shape index (κ1) is 21.2. The van der Waals surface area contributed by atoms with Crippen molar-refractivity contribution >= 4 is 40.7 Å². The average Bonchev–Trinajstić information content (AvgIpc) is 2.74. The van der Waals surface area contributed by atoms with Crippen molar-refractivity contribution in [2.75, 3.05) is 6.61 Å². The lowest BCUT2D eigenvalue weighted by molar-refractivity contribution is -0.123. The Kier molecular flexibility index (Phi) is 7.58. The molecule has 0 aliphatic heterocycles. The number of amides is 1. The zero-order valence-corrected chi connectivity index (χ0v) is 17.5. The Morgan fingerprint density at radius 2 is 1.69 bits per heavy atom. The van der Waals surface area contributed by atoms with Gasteiger partial charge < -0.3 is 14.8 Å². The predicted octanol–water partition coefficient (Wildman–Crippen LogP) is 5.32. The van der Waals surface area contributed by atoms with Crippen LogP contribution in [-0.2, 0) is 17.9 Å². The van der Waals surface area contributed by atoms with Crippen molar-refractivity contribution in [1.82, 2.24) is 10.3 Å². The molecule has 0 aliphatic carbocycles. The molecular formula is C21H17Cl3N2O3. The van der Waals surface area contributed by atoms with E-state index in [1.54, 1.807) is 12.4 Å². The molecule has 2 aromatic carbocycles. The van der Waals surface area contributed by atoms with Crippen LogP contribution in [0.2, 0.25) is 15.1 Å². The van der Waals surface area contributed by atoms with E-state index in [9.17, 15) is 4.79 Å². The number of nitrogens with one attached hydrogen (secondary N) is 1. The van der Waals surface area contributed by atoms with Gasteiger partial charge in [0.25, 0.3) is 5.91 Å². The summed E-state index contributed by atoms with van der Waals surface area (Å²) in [5.74, 6) is 0.747. The number of hydrogen-bond donors (Lipinski definition) is 1. The molecule has 150 valence electrons. The summed E-state index contributed by atoms with van der Waals surface area (Å²) in [4.78, 5) is 16.1. The van der Waals surface area contributed by atoms with E-state index in [1.807, 2.05) is 36.4 Å². The average molecular weight is 452 g/mol. The number of ether oxygens (including phenoxy) is 2. The minimum Gasteiger partial charge on any atom is -0.489 e. The number of carbonyl (C=O) groups is 1. The summed E-state index contributed by atoms with van der Waals surface area (Å²) in [5.41, 5.74) is 1.92. The Morgan fingerprint density at radius 3 is 2.41 bits per heavy atom. The van der Waals surface area contributed by atoms with Crippen LogP contribution in [0.4, 0.5) is 0 Å². The third-order valence-electron chi connectivity index (χ3n) is 3.87. The number of carbonyl (C=O) groups excluding carboxylic acids is 1. The smallest absolute Gasteiger partial charge is 0.258 e. The maximum Gasteiger partial charge on any atom is 0.258 e. The van der Waals surface area contributed by atoms with Crippen LogP contribution >= 0.6 is 34.8 Å². The zero-order chi connectivity index (χ0) is 20.6. The van der Waals surface area contributed by atoms with Gasteiger partial charge in [-0.1, -0.05) is 53.0 Å². The van der Waals surface area contributed by atoms with E-state index >= 15 is 0 Å². The van der Waals surface area contributed by atoms with Crippen molar-refractivity contribution in [1.29, 1.82) is 0 Å². The first-order valence-electron chi connectivity index (χ1n) is 8.66. The second-order valence-electron chi connectivity index (χ2n) is 6.06. The Hall–Kier alpha value is -2.47. The number of halogens is 3. The third kappa shape index (κ3) is 6.53. The standard InChI is InChI=1S/C21H17Cl3N2O3/c22-17-8-19(24)20(9-18(17)23)29-13-21(27)26-11-14-3-5-16(6-4-14)28-12-15-2-1-7-25-10-15/h1-10H,11-13H2,(H,26,27). The first-order valence-corrected chi connectivity index (χ1v) is 9.79. The van der Waals surface area contributed by atoms with Crippen molar-refractivity contribution < 1.29 is 14.3 Å². The molecule has 0 unspecified atom stereocenters. The largest absolute Gasteiger partial charge is 0.489 e. The Morgan fingerprint density at radius 1 is 0.931 bits per heavy atom. The fourth-order valence-electron chi connectivity index (χ4n) is 2.36. The Balaban J connectivity index is 1.43. The van der Waals surface area contributed by atoms with Gasteiger partial charge in [0.15, 0.2) is 6.61 Å². The SMILES string of the molecule is O=C(COc1cc(Cl)c(Cl)cc1Cl)NCc1ccc(OCc2cccnc2)cc1. The molecule has 0 spiro atoms. The highest BCUT2D eigenvalue weighted by Crippen LogP contribution is 2.33. The van der Waals surface area contributed by atoms with Gasteiger partial charge in [0.1, 0.15) is 18.1 Å². The Labute approximate surface area is 183 Å². The number of aromatic nitrogens is 1. The summed E-state index contributed by atoms with van der Waals surface area (Å²) in [6.45, 7) is 0.614. The van der Waals surface area contributed by atoms with E-state index < -0.39 is 0 Å². The molecule has 5 nitrogen and oxygen atoms in total. The van der Waals surface area contributed by atoms with Crippen molar-refractivity contribution in [2.45, 2.75) is 13.2 Å². The second-order valence-corrected chi connectivity index (χ2v) is 7.28. The minimum atomic E-state index is -0.288. The summed E-state index contributed by atoms with van der Waals surface area (Å²) in [7, 11) is 0. The number of pyridine rings is 1. The minimum absolute atomic E-state index is 0.190. The van der Waals surface area contributed by atoms with E-state index in [-0.39, 0.29) is 17.5 Å². The van der Waals surface area contributed by atoms with E-state index in [0.717, 1.165) is 16.9 Å². The van der Waals surface area contributed by atoms with Gasteiger partial charge in [-0.15, -0.1) is 0 Å². The maximum absolute atomic E-state index is 12.0. The zero-order valence-electron chi connectivity index (χ0n) is 15.2. The van der Waals surface area contributed by atoms with Gasteiger partial charge in [-0.25, -0.2) is 0 Å². The molecule has 0 radical (unpaired) electrons. The van der Waals surface area contributed by atoms with Crippen molar-refractivity contribution in [2.24, 2.45) is 0 Å². The van der Waals surface area contributed by atoms with Crippen molar-refractivity contribution in [3.8, 4) is 11.5 Å². The van der Waals surface area contributed by atoms with Crippen LogP contribution in [0.3, 0.4) is 0 Å². The van der Waals surface area contributed by atoms with Gasteiger partial charge in [-0.3, -0.25) is 9.78 Å². The highest BCUT2D eigenvalue weighted by Gasteiger charge is 2.09. The first-order chi connectivity index (χ1) is 14.0. The van der Waals surface area contributed by atoms with E-state index in [4.69, 9.17) is 44.3 Å². The summed E-state index contributed by atoms with van der Waals surface area (Å²) >= 11 is 17.8. The van der Waals surface area contributed by atoms with Crippen LogP contribution in [0.5, 0.6) is 11.5 Å². The summed E-state index contributed by atoms with van der Waals surface area (Å²) in [6, 6.07) is 14.2. The van der Waals surface area contributed by atoms with Crippen LogP contribution < -0.4 is 14.8 Å². The predicted molar refractivity (Wildman–Crippen MR) is 114 cm³/mol. The van der Waals surface area contributed by atoms with Gasteiger partial charge in [-0.05, 0) is 29.8 Å². The molecule has 1 amide bonds. The van der Waals surface area contributed by atoms with Gasteiger partial charge in [0.05, 0.1) is 15.1 Å². The summed E-state index contributed by atoms with van der Waals surface area (Å²) < 4.78 is 11.1. The fourth-order valence-corrected chi connectivity index (χ4v) is 2.95. The second kappa shape index (κ2) is 10.3. The van der Waals surface area contributed by atoms with E-state index in [0.29, 0.717) is 28.9 Å². The molecule has 3 aromatic rings. The van der Waals surface area contributed by atoms with Gasteiger partial charge in [0, 0.05) is 30.6 Å². The molecule has 1 aromatic heterocycles. The van der Waals surface area contributed by atoms with Crippen LogP contribution in [0, 0.1) is 0 Å². The molecule has 0 atom stereocenters. The lowest BCUT2D eigenvalue weighted by atomic mass is 10.2. The highest BCUT2D eigenvalue weighted by molar-refractivity contribution is 6.43. The highest BCUT2D eigenvalue weighted by atomic mass is 35.5. The molecule has 0 aliphatic rings. The van der Waals surface area contributed by atoms with Crippen LogP contribution in [0.15, 0.2) is 60.9 Å². The van der Waals surface area contributed by atoms with Crippen LogP contribution in [0.1, 0.15) is 11.1 Å². The molecule has 0 fully saturated rings. The quantitative estimate of drug-likeness (QED) is 0.471. The van der Waals surface area contributed by atoms with Crippen molar-refractivity contribution in [3.63, 3.8) is 0 Å².